The average Bonchev–Trinajstić information content (AvgIpc) is 1.30. The maximum absolute atomic E-state index is 9.54. The van der Waals surface area contributed by atoms with E-state index >= 15 is 0 Å². The Morgan fingerprint density at radius 2 is 1.75 bits per heavy atom. The van der Waals surface area contributed by atoms with Crippen LogP contribution < -0.4 is 0 Å². The van der Waals surface area contributed by atoms with Gasteiger partial charge in [-0.05, 0) is 0 Å². The van der Waals surface area contributed by atoms with Crippen molar-refractivity contribution in [3.8, 4) is 0 Å². The third kappa shape index (κ3) is 9.67. The normalized spacial score (nSPS) is 11.1. The van der Waals surface area contributed by atoms with Crippen LogP contribution in [0.1, 0.15) is 0 Å². The molecule has 0 amide bonds. The van der Waals surface area contributed by atoms with E-state index in [1.54, 1.807) is 0 Å². The molecule has 0 fully saturated rings. The summed E-state index contributed by atoms with van der Waals surface area (Å²) in [6, 6.07) is 0. The number of aliphatic hydroxyl groups excluding tert-OH is 1. The van der Waals surface area contributed by atoms with E-state index in [1.165, 1.54) is 0 Å². The van der Waals surface area contributed by atoms with Crippen LogP contribution in [0.15, 0.2) is 11.7 Å². The molecule has 8 heavy (non-hydrogen) atoms. The Labute approximate surface area is 69.3 Å². The summed E-state index contributed by atoms with van der Waals surface area (Å²) in [4.78, 5) is 0. The molecule has 0 radical (unpaired) electrons. The van der Waals surface area contributed by atoms with E-state index in [1.807, 2.05) is 0 Å². The molecule has 4 nitrogen and oxygen atoms in total. The van der Waals surface area contributed by atoms with Crippen LogP contribution in [0.5, 0.6) is 0 Å². The van der Waals surface area contributed by atoms with Crippen LogP contribution in [0.4, 0.5) is 0 Å². The fraction of sp³-hybridized carbons (Fsp3) is 0. The van der Waals surface area contributed by atoms with Gasteiger partial charge in [-0.1, -0.05) is 0 Å². The molecule has 0 atom stereocenters. The summed E-state index contributed by atoms with van der Waals surface area (Å²) in [7, 11) is -4.10. The molecule has 6 heteroatoms. The Morgan fingerprint density at radius 3 is 1.75 bits per heavy atom. The van der Waals surface area contributed by atoms with Crippen LogP contribution in [0.25, 0.3) is 0 Å². The zero-order valence-corrected chi connectivity index (χ0v) is 4.09. The van der Waals surface area contributed by atoms with Gasteiger partial charge in [-0.2, -0.15) is 8.42 Å². The molecular weight excluding hydrogens is 143 g/mol. The average molecular weight is 148 g/mol. The second-order valence-corrected chi connectivity index (χ2v) is 2.10. The monoisotopic (exact) mass is 148 g/mol. The summed E-state index contributed by atoms with van der Waals surface area (Å²) in [6.07, 6.45) is 0.245. The summed E-state index contributed by atoms with van der Waals surface area (Å²) in [5, 5.41) is 7.95. The molecule has 0 bridgehead atoms. The van der Waals surface area contributed by atoms with Crippen molar-refractivity contribution >= 4 is 39.7 Å². The molecule has 0 saturated carbocycles. The summed E-state index contributed by atoms with van der Waals surface area (Å²) < 4.78 is 26.8. The maximum atomic E-state index is 9.54. The molecule has 0 rings (SSSR count). The minimum absolute atomic E-state index is 0. The zero-order valence-electron chi connectivity index (χ0n) is 3.27. The Morgan fingerprint density at radius 1 is 1.38 bits per heavy atom. The molecule has 0 aliphatic carbocycles. The van der Waals surface area contributed by atoms with Gasteiger partial charge in [-0.3, -0.25) is 4.55 Å². The summed E-state index contributed by atoms with van der Waals surface area (Å²) >= 11 is 0. The second-order valence-electron chi connectivity index (χ2n) is 0.800. The summed E-state index contributed by atoms with van der Waals surface area (Å²) in [5.41, 5.74) is 0. The first kappa shape index (κ1) is 11.3. The second kappa shape index (κ2) is 4.34. The fourth-order valence-corrected chi connectivity index (χ4v) is 0.231. The Kier molecular flexibility index (Phi) is 6.12. The van der Waals surface area contributed by atoms with E-state index in [0.717, 1.165) is 0 Å². The van der Waals surface area contributed by atoms with Gasteiger partial charge in [0.1, 0.15) is 0 Å². The third-order valence-electron chi connectivity index (χ3n) is 0.233. The fourth-order valence-electron chi connectivity index (χ4n) is 0.0769. The van der Waals surface area contributed by atoms with Gasteiger partial charge < -0.3 is 5.11 Å². The molecule has 0 aliphatic heterocycles. The van der Waals surface area contributed by atoms with E-state index in [4.69, 9.17) is 9.66 Å². The minimum atomic E-state index is -4.10. The van der Waals surface area contributed by atoms with Crippen molar-refractivity contribution in [2.45, 2.75) is 0 Å². The van der Waals surface area contributed by atoms with Crippen molar-refractivity contribution in [3.05, 3.63) is 11.7 Å². The van der Waals surface area contributed by atoms with Crippen molar-refractivity contribution in [1.82, 2.24) is 0 Å². The van der Waals surface area contributed by atoms with Gasteiger partial charge in [0.05, 0.1) is 11.7 Å². The molecule has 2 N–H and O–H groups in total. The van der Waals surface area contributed by atoms with Gasteiger partial charge in [-0.15, -0.1) is 0 Å². The van der Waals surface area contributed by atoms with Crippen molar-refractivity contribution in [2.24, 2.45) is 0 Å². The summed E-state index contributed by atoms with van der Waals surface area (Å²) in [6.45, 7) is 0. The first-order valence-electron chi connectivity index (χ1n) is 1.34. The topological polar surface area (TPSA) is 74.6 Å². The molecule has 0 unspecified atom stereocenters. The van der Waals surface area contributed by atoms with Gasteiger partial charge in [0.15, 0.2) is 0 Å². The zero-order chi connectivity index (χ0) is 5.91. The molecule has 44 valence electrons. The molecule has 0 heterocycles. The van der Waals surface area contributed by atoms with Gasteiger partial charge in [0, 0.05) is 0 Å². The van der Waals surface area contributed by atoms with Crippen LogP contribution >= 0.6 is 0 Å². The van der Waals surface area contributed by atoms with Crippen molar-refractivity contribution in [1.29, 1.82) is 0 Å². The van der Waals surface area contributed by atoms with Crippen LogP contribution in [-0.4, -0.2) is 47.6 Å². The number of hydrogen-bond acceptors (Lipinski definition) is 3. The predicted molar refractivity (Wildman–Crippen MR) is 30.5 cm³/mol. The Balaban J connectivity index is 0. The standard InChI is InChI=1S/C2H4O4S.Na.H/c3-1-2-7(4,5)6;;/h1-3H,(H,4,5,6);;. The third-order valence-corrected chi connectivity index (χ3v) is 0.698. The first-order valence-corrected chi connectivity index (χ1v) is 2.85. The first-order chi connectivity index (χ1) is 3.06. The van der Waals surface area contributed by atoms with Crippen molar-refractivity contribution in [2.75, 3.05) is 0 Å². The van der Waals surface area contributed by atoms with Crippen LogP contribution in [-0.2, 0) is 10.1 Å². The molecule has 0 aromatic heterocycles. The van der Waals surface area contributed by atoms with Gasteiger partial charge >= 0.3 is 29.6 Å². The Bertz CT molecular complexity index is 157. The van der Waals surface area contributed by atoms with Crippen LogP contribution in [0, 0.1) is 0 Å². The van der Waals surface area contributed by atoms with Gasteiger partial charge in [0.2, 0.25) is 0 Å². The summed E-state index contributed by atoms with van der Waals surface area (Å²) in [5.74, 6) is 0. The number of rotatable bonds is 1. The number of hydrogen-bond donors (Lipinski definition) is 2. The molecule has 0 aromatic carbocycles. The molecular formula is C2H5NaO4S. The van der Waals surface area contributed by atoms with Gasteiger partial charge in [-0.25, -0.2) is 0 Å². The Hall–Kier alpha value is 0.450. The molecule has 0 spiro atoms. The quantitative estimate of drug-likeness (QED) is 0.291. The molecule has 0 saturated heterocycles. The number of aliphatic hydroxyl groups is 1. The van der Waals surface area contributed by atoms with Crippen molar-refractivity contribution in [3.63, 3.8) is 0 Å². The van der Waals surface area contributed by atoms with Crippen LogP contribution in [0.3, 0.4) is 0 Å². The van der Waals surface area contributed by atoms with E-state index in [9.17, 15) is 8.42 Å². The van der Waals surface area contributed by atoms with Gasteiger partial charge in [0.25, 0.3) is 10.1 Å². The van der Waals surface area contributed by atoms with E-state index in [2.05, 4.69) is 0 Å². The van der Waals surface area contributed by atoms with Crippen LogP contribution in [0.2, 0.25) is 0 Å². The predicted octanol–water partition coefficient (Wildman–Crippen LogP) is -0.745. The van der Waals surface area contributed by atoms with E-state index in [0.29, 0.717) is 0 Å². The van der Waals surface area contributed by atoms with E-state index < -0.39 is 10.1 Å². The molecule has 0 aliphatic rings. The SMILES string of the molecule is O=S(=O)(O)C=CO.[NaH]. The van der Waals surface area contributed by atoms with Crippen molar-refractivity contribution < 1.29 is 18.1 Å². The van der Waals surface area contributed by atoms with E-state index in [-0.39, 0.29) is 41.2 Å². The molecule has 0 aromatic rings.